The summed E-state index contributed by atoms with van der Waals surface area (Å²) in [5.74, 6) is -0.638. The maximum Gasteiger partial charge on any atom is 0.231 e. The monoisotopic (exact) mass is 389 g/mol. The van der Waals surface area contributed by atoms with Crippen LogP contribution in [0.15, 0.2) is 72.5 Å². The average Bonchev–Trinajstić information content (AvgIpc) is 3.02. The van der Waals surface area contributed by atoms with Crippen LogP contribution in [0.5, 0.6) is 11.5 Å². The van der Waals surface area contributed by atoms with Crippen molar-refractivity contribution < 1.29 is 23.9 Å². The lowest BCUT2D eigenvalue weighted by Gasteiger charge is -2.20. The first-order valence-electron chi connectivity index (χ1n) is 9.40. The summed E-state index contributed by atoms with van der Waals surface area (Å²) in [5, 5.41) is 12.5. The lowest BCUT2D eigenvalue weighted by atomic mass is 10.0. The van der Waals surface area contributed by atoms with Crippen LogP contribution >= 0.6 is 0 Å². The van der Waals surface area contributed by atoms with Crippen molar-refractivity contribution in [1.82, 2.24) is 0 Å². The zero-order valence-corrected chi connectivity index (χ0v) is 15.9. The summed E-state index contributed by atoms with van der Waals surface area (Å²) >= 11 is 0. The molecule has 0 amide bonds. The van der Waals surface area contributed by atoms with Crippen LogP contribution in [0.4, 0.5) is 4.39 Å². The van der Waals surface area contributed by atoms with Gasteiger partial charge < -0.3 is 14.7 Å². The van der Waals surface area contributed by atoms with E-state index in [9.17, 15) is 14.3 Å². The third-order valence-corrected chi connectivity index (χ3v) is 4.92. The summed E-state index contributed by atoms with van der Waals surface area (Å²) in [6.45, 7) is 1.15. The molecule has 1 aliphatic heterocycles. The van der Waals surface area contributed by atoms with Gasteiger partial charge in [-0.15, -0.1) is 0 Å². The van der Waals surface area contributed by atoms with Gasteiger partial charge in [0.1, 0.15) is 24.7 Å². The summed E-state index contributed by atoms with van der Waals surface area (Å²) in [6.07, 6.45) is 1.38. The second-order valence-corrected chi connectivity index (χ2v) is 7.18. The molecule has 5 heteroatoms. The van der Waals surface area contributed by atoms with Crippen molar-refractivity contribution in [2.45, 2.75) is 13.1 Å². The number of carbonyl (C=O) groups is 1. The van der Waals surface area contributed by atoms with Crippen LogP contribution < -0.4 is 14.7 Å². The van der Waals surface area contributed by atoms with Crippen LogP contribution in [0.25, 0.3) is 6.08 Å². The second kappa shape index (κ2) is 7.89. The van der Waals surface area contributed by atoms with Crippen molar-refractivity contribution in [3.05, 3.63) is 101 Å². The van der Waals surface area contributed by atoms with E-state index in [1.165, 1.54) is 24.3 Å². The number of hydrogen-bond acceptors (Lipinski definition) is 3. The number of carbonyl (C=O) groups excluding carboxylic acids is 1. The van der Waals surface area contributed by atoms with Gasteiger partial charge in [0, 0.05) is 16.7 Å². The molecule has 0 bridgehead atoms. The number of quaternary nitrogens is 1. The van der Waals surface area contributed by atoms with E-state index >= 15 is 0 Å². The smallest absolute Gasteiger partial charge is 0.231 e. The molecule has 0 radical (unpaired) electrons. The zero-order chi connectivity index (χ0) is 20.4. The number of halogens is 1. The van der Waals surface area contributed by atoms with Gasteiger partial charge in [-0.1, -0.05) is 60.3 Å². The number of benzene rings is 3. The number of fused-ring (bicyclic) bond motifs is 1. The van der Waals surface area contributed by atoms with Crippen molar-refractivity contribution in [3.63, 3.8) is 0 Å². The standard InChI is InChI=1S/C24H20FNO3/c1-26(14-16-7-3-2-4-8-16)15-19-21(27)12-11-18-23(28)22(29-24(18)19)13-17-9-5-6-10-20(17)25/h2-13,27H,14-15H2,1H3/b22-13-. The maximum absolute atomic E-state index is 14.0. The Kier molecular flexibility index (Phi) is 5.14. The van der Waals surface area contributed by atoms with E-state index in [1.54, 1.807) is 18.2 Å². The zero-order valence-electron chi connectivity index (χ0n) is 15.9. The summed E-state index contributed by atoms with van der Waals surface area (Å²) < 4.78 is 19.7. The van der Waals surface area contributed by atoms with Crippen molar-refractivity contribution in [1.29, 1.82) is 0 Å². The molecular formula is C24H20FNO3. The van der Waals surface area contributed by atoms with Crippen LogP contribution in [0.1, 0.15) is 27.0 Å². The van der Waals surface area contributed by atoms with Crippen LogP contribution in [-0.4, -0.2) is 12.8 Å². The fourth-order valence-electron chi connectivity index (χ4n) is 3.50. The molecule has 1 aliphatic rings. The molecule has 1 unspecified atom stereocenters. The molecule has 3 aromatic carbocycles. The number of rotatable bonds is 5. The minimum absolute atomic E-state index is 0.0256. The molecule has 0 saturated carbocycles. The van der Waals surface area contributed by atoms with Gasteiger partial charge in [-0.3, -0.25) is 4.79 Å². The number of allylic oxidation sites excluding steroid dienone is 1. The van der Waals surface area contributed by atoms with E-state index in [4.69, 9.17) is 4.74 Å². The van der Waals surface area contributed by atoms with E-state index < -0.39 is 5.82 Å². The number of Topliss-reactive ketones (excluding diaryl/α,β-unsaturated/α-hetero) is 1. The predicted octanol–water partition coefficient (Wildman–Crippen LogP) is 2.73. The van der Waals surface area contributed by atoms with Crippen molar-refractivity contribution in [2.75, 3.05) is 7.05 Å². The van der Waals surface area contributed by atoms with E-state index in [0.717, 1.165) is 17.0 Å². The highest BCUT2D eigenvalue weighted by atomic mass is 19.1. The first-order valence-corrected chi connectivity index (χ1v) is 9.40. The molecule has 0 aliphatic carbocycles. The van der Waals surface area contributed by atoms with Crippen molar-refractivity contribution >= 4 is 11.9 Å². The van der Waals surface area contributed by atoms with Gasteiger partial charge in [-0.25, -0.2) is 4.39 Å². The number of nitrogens with one attached hydrogen (secondary N) is 1. The Bertz CT molecular complexity index is 1090. The van der Waals surface area contributed by atoms with Crippen molar-refractivity contribution in [2.24, 2.45) is 0 Å². The van der Waals surface area contributed by atoms with Gasteiger partial charge in [-0.2, -0.15) is 0 Å². The van der Waals surface area contributed by atoms with Crippen LogP contribution in [0.3, 0.4) is 0 Å². The van der Waals surface area contributed by atoms with Gasteiger partial charge in [-0.05, 0) is 18.2 Å². The minimum atomic E-state index is -0.441. The summed E-state index contributed by atoms with van der Waals surface area (Å²) in [7, 11) is 1.98. The normalized spacial score (nSPS) is 15.2. The van der Waals surface area contributed by atoms with Crippen molar-refractivity contribution in [3.8, 4) is 11.5 Å². The third kappa shape index (κ3) is 3.91. The molecule has 0 aromatic heterocycles. The summed E-state index contributed by atoms with van der Waals surface area (Å²) in [5.41, 5.74) is 2.22. The van der Waals surface area contributed by atoms with E-state index in [2.05, 4.69) is 0 Å². The van der Waals surface area contributed by atoms with Crippen LogP contribution in [-0.2, 0) is 13.1 Å². The second-order valence-electron chi connectivity index (χ2n) is 7.18. The molecule has 146 valence electrons. The fourth-order valence-corrected chi connectivity index (χ4v) is 3.50. The highest BCUT2D eigenvalue weighted by Crippen LogP contribution is 2.38. The molecule has 1 atom stereocenters. The van der Waals surface area contributed by atoms with Gasteiger partial charge in [0.25, 0.3) is 0 Å². The van der Waals surface area contributed by atoms with E-state index in [0.29, 0.717) is 17.7 Å². The highest BCUT2D eigenvalue weighted by molar-refractivity contribution is 6.14. The molecule has 4 rings (SSSR count). The van der Waals surface area contributed by atoms with Gasteiger partial charge in [0.15, 0.2) is 5.76 Å². The minimum Gasteiger partial charge on any atom is -0.872 e. The van der Waals surface area contributed by atoms with Crippen LogP contribution in [0.2, 0.25) is 0 Å². The number of ether oxygens (including phenoxy) is 1. The number of ketones is 1. The first-order chi connectivity index (χ1) is 14.0. The molecule has 4 nitrogen and oxygen atoms in total. The first kappa shape index (κ1) is 18.9. The Morgan fingerprint density at radius 2 is 1.72 bits per heavy atom. The molecule has 29 heavy (non-hydrogen) atoms. The molecule has 0 spiro atoms. The molecule has 0 fully saturated rings. The molecular weight excluding hydrogens is 369 g/mol. The molecule has 3 aromatic rings. The average molecular weight is 389 g/mol. The lowest BCUT2D eigenvalue weighted by molar-refractivity contribution is -0.907. The summed E-state index contributed by atoms with van der Waals surface area (Å²) in [4.78, 5) is 13.8. The Morgan fingerprint density at radius 1 is 1.00 bits per heavy atom. The largest absolute Gasteiger partial charge is 0.872 e. The van der Waals surface area contributed by atoms with Gasteiger partial charge >= 0.3 is 0 Å². The fraction of sp³-hybridized carbons (Fsp3) is 0.125. The Labute approximate surface area is 168 Å². The Morgan fingerprint density at radius 3 is 2.48 bits per heavy atom. The Balaban J connectivity index is 1.62. The topological polar surface area (TPSA) is 53.8 Å². The lowest BCUT2D eigenvalue weighted by Crippen LogP contribution is -3.06. The Hall–Kier alpha value is -3.44. The molecule has 1 heterocycles. The third-order valence-electron chi connectivity index (χ3n) is 4.92. The molecule has 1 N–H and O–H groups in total. The van der Waals surface area contributed by atoms with Gasteiger partial charge in [0.2, 0.25) is 5.78 Å². The van der Waals surface area contributed by atoms with E-state index in [1.807, 2.05) is 37.4 Å². The predicted molar refractivity (Wildman–Crippen MR) is 106 cm³/mol. The van der Waals surface area contributed by atoms with Crippen LogP contribution in [0, 0.1) is 5.82 Å². The quantitative estimate of drug-likeness (QED) is 0.683. The van der Waals surface area contributed by atoms with Gasteiger partial charge in [0.05, 0.1) is 12.6 Å². The van der Waals surface area contributed by atoms with E-state index in [-0.39, 0.29) is 28.6 Å². The number of hydrogen-bond donors (Lipinski definition) is 1. The maximum atomic E-state index is 14.0. The summed E-state index contributed by atoms with van der Waals surface area (Å²) in [6, 6.07) is 19.0. The SMILES string of the molecule is C[NH+](Cc1ccccc1)Cc1c([O-])ccc2c1O/C(=C\c1ccccc1F)C2=O. The molecule has 0 saturated heterocycles. The highest BCUT2D eigenvalue weighted by Gasteiger charge is 2.31.